The summed E-state index contributed by atoms with van der Waals surface area (Å²) in [5.41, 5.74) is 1.33. The van der Waals surface area contributed by atoms with E-state index in [-0.39, 0.29) is 0 Å². The highest BCUT2D eigenvalue weighted by Crippen LogP contribution is 2.36. The SMILES string of the molecule is OC1(c2ccccc2Cl)CCN(CCc2cccnc2)CC1. The van der Waals surface area contributed by atoms with E-state index < -0.39 is 5.60 Å². The van der Waals surface area contributed by atoms with Gasteiger partial charge in [0.05, 0.1) is 5.60 Å². The molecule has 22 heavy (non-hydrogen) atoms. The molecule has 4 heteroatoms. The van der Waals surface area contributed by atoms with E-state index >= 15 is 0 Å². The van der Waals surface area contributed by atoms with E-state index in [9.17, 15) is 5.11 Å². The summed E-state index contributed by atoms with van der Waals surface area (Å²) in [7, 11) is 0. The second-order valence-corrected chi connectivity index (χ2v) is 6.37. The van der Waals surface area contributed by atoms with Gasteiger partial charge in [-0.3, -0.25) is 4.98 Å². The Labute approximate surface area is 136 Å². The van der Waals surface area contributed by atoms with Gasteiger partial charge in [0, 0.05) is 42.6 Å². The number of piperidine rings is 1. The molecular weight excluding hydrogens is 296 g/mol. The van der Waals surface area contributed by atoms with Gasteiger partial charge in [0.2, 0.25) is 0 Å². The molecule has 1 aromatic heterocycles. The molecule has 0 spiro atoms. The zero-order valence-corrected chi connectivity index (χ0v) is 13.3. The Morgan fingerprint density at radius 2 is 1.91 bits per heavy atom. The van der Waals surface area contributed by atoms with Crippen molar-refractivity contribution in [2.75, 3.05) is 19.6 Å². The number of halogens is 1. The number of hydrogen-bond acceptors (Lipinski definition) is 3. The van der Waals surface area contributed by atoms with E-state index in [1.54, 1.807) is 6.20 Å². The number of aliphatic hydroxyl groups is 1. The minimum atomic E-state index is -0.789. The number of aromatic nitrogens is 1. The molecule has 0 radical (unpaired) electrons. The maximum atomic E-state index is 10.9. The molecular formula is C18H21ClN2O. The number of benzene rings is 1. The minimum absolute atomic E-state index is 0.661. The topological polar surface area (TPSA) is 36.4 Å². The molecule has 1 N–H and O–H groups in total. The van der Waals surface area contributed by atoms with Gasteiger partial charge in [-0.25, -0.2) is 0 Å². The molecule has 0 atom stereocenters. The van der Waals surface area contributed by atoms with Crippen molar-refractivity contribution in [3.63, 3.8) is 0 Å². The summed E-state index contributed by atoms with van der Waals surface area (Å²) < 4.78 is 0. The second kappa shape index (κ2) is 6.78. The summed E-state index contributed by atoms with van der Waals surface area (Å²) in [6, 6.07) is 11.7. The first-order chi connectivity index (χ1) is 10.7. The Bertz CT molecular complexity index is 609. The smallest absolute Gasteiger partial charge is 0.0935 e. The summed E-state index contributed by atoms with van der Waals surface area (Å²) in [6.07, 6.45) is 6.17. The fourth-order valence-corrected chi connectivity index (χ4v) is 3.40. The number of rotatable bonds is 4. The lowest BCUT2D eigenvalue weighted by atomic mass is 9.84. The van der Waals surface area contributed by atoms with Crippen molar-refractivity contribution in [3.05, 3.63) is 64.9 Å². The Kier molecular flexibility index (Phi) is 4.77. The Morgan fingerprint density at radius 1 is 1.14 bits per heavy atom. The summed E-state index contributed by atoms with van der Waals surface area (Å²) in [6.45, 7) is 2.79. The van der Waals surface area contributed by atoms with E-state index in [0.29, 0.717) is 5.02 Å². The summed E-state index contributed by atoms with van der Waals surface area (Å²) in [5, 5.41) is 11.6. The molecule has 1 saturated heterocycles. The van der Waals surface area contributed by atoms with Gasteiger partial charge < -0.3 is 10.0 Å². The van der Waals surface area contributed by atoms with Crippen LogP contribution in [0.25, 0.3) is 0 Å². The molecule has 116 valence electrons. The van der Waals surface area contributed by atoms with Gasteiger partial charge in [0.25, 0.3) is 0 Å². The third kappa shape index (κ3) is 3.49. The van der Waals surface area contributed by atoms with Crippen molar-refractivity contribution in [1.29, 1.82) is 0 Å². The second-order valence-electron chi connectivity index (χ2n) is 5.96. The van der Waals surface area contributed by atoms with Crippen LogP contribution in [0.15, 0.2) is 48.8 Å². The molecule has 0 unspecified atom stereocenters. The lowest BCUT2D eigenvalue weighted by Gasteiger charge is -2.39. The molecule has 2 aromatic rings. The van der Waals surface area contributed by atoms with Crippen LogP contribution in [-0.2, 0) is 12.0 Å². The maximum absolute atomic E-state index is 10.9. The first-order valence-corrected chi connectivity index (χ1v) is 8.14. The highest BCUT2D eigenvalue weighted by molar-refractivity contribution is 6.31. The maximum Gasteiger partial charge on any atom is 0.0935 e. The van der Waals surface area contributed by atoms with Crippen LogP contribution in [0.5, 0.6) is 0 Å². The quantitative estimate of drug-likeness (QED) is 0.940. The van der Waals surface area contributed by atoms with Crippen molar-refractivity contribution in [1.82, 2.24) is 9.88 Å². The van der Waals surface area contributed by atoms with Crippen molar-refractivity contribution in [2.24, 2.45) is 0 Å². The minimum Gasteiger partial charge on any atom is -0.385 e. The van der Waals surface area contributed by atoms with E-state index in [0.717, 1.165) is 44.5 Å². The van der Waals surface area contributed by atoms with Gasteiger partial charge in [-0.15, -0.1) is 0 Å². The Hall–Kier alpha value is -1.42. The van der Waals surface area contributed by atoms with Crippen LogP contribution >= 0.6 is 11.6 Å². The van der Waals surface area contributed by atoms with E-state index in [1.807, 2.05) is 36.5 Å². The average molecular weight is 317 g/mol. The zero-order chi connectivity index (χ0) is 15.4. The standard InChI is InChI=1S/C18H21ClN2O/c19-17-6-2-1-5-16(17)18(22)8-12-21(13-9-18)11-7-15-4-3-10-20-14-15/h1-6,10,14,22H,7-9,11-13H2. The van der Waals surface area contributed by atoms with Crippen molar-refractivity contribution in [2.45, 2.75) is 24.9 Å². The average Bonchev–Trinajstić information content (AvgIpc) is 2.56. The highest BCUT2D eigenvalue weighted by Gasteiger charge is 2.35. The van der Waals surface area contributed by atoms with Crippen molar-refractivity contribution in [3.8, 4) is 0 Å². The van der Waals surface area contributed by atoms with E-state index in [1.165, 1.54) is 5.56 Å². The summed E-state index contributed by atoms with van der Waals surface area (Å²) in [4.78, 5) is 6.55. The molecule has 0 saturated carbocycles. The first kappa shape index (κ1) is 15.5. The van der Waals surface area contributed by atoms with Crippen molar-refractivity contribution < 1.29 is 5.11 Å². The fraction of sp³-hybridized carbons (Fsp3) is 0.389. The normalized spacial score (nSPS) is 18.3. The van der Waals surface area contributed by atoms with Gasteiger partial charge in [-0.1, -0.05) is 35.9 Å². The largest absolute Gasteiger partial charge is 0.385 e. The predicted octanol–water partition coefficient (Wildman–Crippen LogP) is 3.26. The van der Waals surface area contributed by atoms with Gasteiger partial charge >= 0.3 is 0 Å². The molecule has 3 nitrogen and oxygen atoms in total. The van der Waals surface area contributed by atoms with Crippen LogP contribution in [0.1, 0.15) is 24.0 Å². The molecule has 1 aliphatic heterocycles. The van der Waals surface area contributed by atoms with Gasteiger partial charge in [-0.05, 0) is 37.0 Å². The molecule has 1 aromatic carbocycles. The monoisotopic (exact) mass is 316 g/mol. The van der Waals surface area contributed by atoms with Crippen LogP contribution in [0.3, 0.4) is 0 Å². The van der Waals surface area contributed by atoms with Crippen molar-refractivity contribution >= 4 is 11.6 Å². The van der Waals surface area contributed by atoms with Gasteiger partial charge in [-0.2, -0.15) is 0 Å². The number of nitrogens with zero attached hydrogens (tertiary/aromatic N) is 2. The lowest BCUT2D eigenvalue weighted by molar-refractivity contribution is -0.0254. The van der Waals surface area contributed by atoms with Gasteiger partial charge in [0.15, 0.2) is 0 Å². The van der Waals surface area contributed by atoms with Gasteiger partial charge in [0.1, 0.15) is 0 Å². The van der Waals surface area contributed by atoms with Crippen LogP contribution < -0.4 is 0 Å². The highest BCUT2D eigenvalue weighted by atomic mass is 35.5. The third-order valence-corrected chi connectivity index (χ3v) is 4.83. The molecule has 3 rings (SSSR count). The Morgan fingerprint density at radius 3 is 2.59 bits per heavy atom. The van der Waals surface area contributed by atoms with Crippen LogP contribution in [0, 0.1) is 0 Å². The zero-order valence-electron chi connectivity index (χ0n) is 12.6. The lowest BCUT2D eigenvalue weighted by Crippen LogP contribution is -2.43. The molecule has 0 amide bonds. The molecule has 0 bridgehead atoms. The van der Waals surface area contributed by atoms with Crippen LogP contribution in [-0.4, -0.2) is 34.6 Å². The summed E-state index contributed by atoms with van der Waals surface area (Å²) in [5.74, 6) is 0. The number of pyridine rings is 1. The van der Waals surface area contributed by atoms with Crippen LogP contribution in [0.2, 0.25) is 5.02 Å². The number of hydrogen-bond donors (Lipinski definition) is 1. The fourth-order valence-electron chi connectivity index (χ4n) is 3.09. The van der Waals surface area contributed by atoms with E-state index in [4.69, 9.17) is 11.6 Å². The van der Waals surface area contributed by atoms with Crippen LogP contribution in [0.4, 0.5) is 0 Å². The molecule has 2 heterocycles. The number of likely N-dealkylation sites (tertiary alicyclic amines) is 1. The predicted molar refractivity (Wildman–Crippen MR) is 89.0 cm³/mol. The molecule has 1 fully saturated rings. The molecule has 1 aliphatic rings. The van der Waals surface area contributed by atoms with E-state index in [2.05, 4.69) is 16.0 Å². The summed E-state index contributed by atoms with van der Waals surface area (Å²) >= 11 is 6.24. The molecule has 0 aliphatic carbocycles. The third-order valence-electron chi connectivity index (χ3n) is 4.50. The first-order valence-electron chi connectivity index (χ1n) is 7.76. The Balaban J connectivity index is 1.57.